The molecule has 0 bridgehead atoms. The summed E-state index contributed by atoms with van der Waals surface area (Å²) in [7, 11) is 0. The Morgan fingerprint density at radius 2 is 1.94 bits per heavy atom. The first-order valence-electron chi connectivity index (χ1n) is 5.74. The van der Waals surface area contributed by atoms with Gasteiger partial charge in [-0.15, -0.1) is 0 Å². The quantitative estimate of drug-likeness (QED) is 0.797. The average molecular weight is 258 g/mol. The maximum absolute atomic E-state index is 13.0. The van der Waals surface area contributed by atoms with Gasteiger partial charge < -0.3 is 10.6 Å². The zero-order chi connectivity index (χ0) is 13.1. The van der Waals surface area contributed by atoms with Crippen LogP contribution in [0.1, 0.15) is 12.8 Å². The largest absolute Gasteiger partial charge is 0.326 e. The number of carbonyl (C=O) groups excluding carboxylic acids is 1. The Kier molecular flexibility index (Phi) is 3.86. The predicted molar refractivity (Wildman–Crippen MR) is 60.5 cm³/mol. The standard InChI is InChI=1S/C12H13F3N2O/c13-9-4-8(5-10(14)11(9)15)17-12(18)7-2-1-3-16-6-7/h4-5,7,16H,1-3,6H2,(H,17,18)/t7-/m1/s1. The lowest BCUT2D eigenvalue weighted by atomic mass is 9.99. The smallest absolute Gasteiger partial charge is 0.228 e. The van der Waals surface area contributed by atoms with Crippen molar-refractivity contribution in [3.63, 3.8) is 0 Å². The zero-order valence-corrected chi connectivity index (χ0v) is 9.60. The minimum atomic E-state index is -1.53. The van der Waals surface area contributed by atoms with Crippen molar-refractivity contribution in [2.45, 2.75) is 12.8 Å². The van der Waals surface area contributed by atoms with E-state index in [9.17, 15) is 18.0 Å². The van der Waals surface area contributed by atoms with Gasteiger partial charge in [0.1, 0.15) is 0 Å². The van der Waals surface area contributed by atoms with Gasteiger partial charge in [0.2, 0.25) is 5.91 Å². The van der Waals surface area contributed by atoms with E-state index in [0.717, 1.165) is 31.5 Å². The first-order valence-corrected chi connectivity index (χ1v) is 5.74. The van der Waals surface area contributed by atoms with Crippen LogP contribution in [-0.2, 0) is 4.79 Å². The molecule has 2 N–H and O–H groups in total. The number of nitrogens with one attached hydrogen (secondary N) is 2. The number of carbonyl (C=O) groups is 1. The molecule has 0 aromatic heterocycles. The first kappa shape index (κ1) is 12.9. The van der Waals surface area contributed by atoms with E-state index in [1.807, 2.05) is 0 Å². The second-order valence-electron chi connectivity index (χ2n) is 4.29. The molecule has 0 aliphatic carbocycles. The maximum Gasteiger partial charge on any atom is 0.228 e. The molecule has 0 spiro atoms. The molecule has 1 saturated heterocycles. The van der Waals surface area contributed by atoms with Crippen LogP contribution in [0.15, 0.2) is 12.1 Å². The van der Waals surface area contributed by atoms with E-state index in [0.29, 0.717) is 6.54 Å². The molecule has 3 nitrogen and oxygen atoms in total. The zero-order valence-electron chi connectivity index (χ0n) is 9.60. The molecule has 0 radical (unpaired) electrons. The number of anilines is 1. The summed E-state index contributed by atoms with van der Waals surface area (Å²) in [6.45, 7) is 1.40. The summed E-state index contributed by atoms with van der Waals surface area (Å²) in [5.74, 6) is -4.70. The van der Waals surface area contributed by atoms with Gasteiger partial charge in [0.25, 0.3) is 0 Å². The van der Waals surface area contributed by atoms with Gasteiger partial charge in [-0.3, -0.25) is 4.79 Å². The maximum atomic E-state index is 13.0. The second kappa shape index (κ2) is 5.39. The summed E-state index contributed by atoms with van der Waals surface area (Å²) >= 11 is 0. The molecule has 6 heteroatoms. The number of piperidine rings is 1. The summed E-state index contributed by atoms with van der Waals surface area (Å²) in [6.07, 6.45) is 1.61. The summed E-state index contributed by atoms with van der Waals surface area (Å²) in [5, 5.41) is 5.46. The van der Waals surface area contributed by atoms with Crippen LogP contribution in [0.25, 0.3) is 0 Å². The Labute approximate surface area is 102 Å². The van der Waals surface area contributed by atoms with Gasteiger partial charge in [0.05, 0.1) is 5.92 Å². The molecule has 1 aliphatic heterocycles. The monoisotopic (exact) mass is 258 g/mol. The van der Waals surface area contributed by atoms with E-state index in [1.165, 1.54) is 0 Å². The Morgan fingerprint density at radius 1 is 1.28 bits per heavy atom. The number of hydrogen-bond donors (Lipinski definition) is 2. The molecule has 1 heterocycles. The highest BCUT2D eigenvalue weighted by atomic mass is 19.2. The molecule has 2 rings (SSSR count). The van der Waals surface area contributed by atoms with E-state index >= 15 is 0 Å². The average Bonchev–Trinajstić information content (AvgIpc) is 2.37. The first-order chi connectivity index (χ1) is 8.58. The van der Waals surface area contributed by atoms with Gasteiger partial charge in [-0.25, -0.2) is 13.2 Å². The van der Waals surface area contributed by atoms with Crippen LogP contribution >= 0.6 is 0 Å². The van der Waals surface area contributed by atoms with Crippen molar-refractivity contribution in [1.82, 2.24) is 5.32 Å². The number of amides is 1. The molecule has 1 aliphatic rings. The fraction of sp³-hybridized carbons (Fsp3) is 0.417. The van der Waals surface area contributed by atoms with Crippen molar-refractivity contribution in [1.29, 1.82) is 0 Å². The number of halogens is 3. The van der Waals surface area contributed by atoms with Crippen LogP contribution < -0.4 is 10.6 Å². The minimum absolute atomic E-state index is 0.0676. The Hall–Kier alpha value is -1.56. The predicted octanol–water partition coefficient (Wildman–Crippen LogP) is 2.04. The van der Waals surface area contributed by atoms with Crippen molar-refractivity contribution >= 4 is 11.6 Å². The van der Waals surface area contributed by atoms with Crippen LogP contribution in [0, 0.1) is 23.4 Å². The summed E-state index contributed by atoms with van der Waals surface area (Å²) in [5.41, 5.74) is -0.0676. The van der Waals surface area contributed by atoms with Gasteiger partial charge in [0, 0.05) is 24.4 Å². The molecule has 18 heavy (non-hydrogen) atoms. The van der Waals surface area contributed by atoms with Crippen molar-refractivity contribution < 1.29 is 18.0 Å². The van der Waals surface area contributed by atoms with E-state index in [1.54, 1.807) is 0 Å². The third kappa shape index (κ3) is 2.81. The van der Waals surface area contributed by atoms with E-state index < -0.39 is 17.5 Å². The summed E-state index contributed by atoms with van der Waals surface area (Å²) in [4.78, 5) is 11.8. The van der Waals surface area contributed by atoms with Crippen LogP contribution in [0.2, 0.25) is 0 Å². The third-order valence-electron chi connectivity index (χ3n) is 2.92. The number of rotatable bonds is 2. The van der Waals surface area contributed by atoms with Gasteiger partial charge in [-0.1, -0.05) is 0 Å². The third-order valence-corrected chi connectivity index (χ3v) is 2.92. The summed E-state index contributed by atoms with van der Waals surface area (Å²) in [6, 6.07) is 1.54. The Balaban J connectivity index is 2.06. The Bertz CT molecular complexity index is 436. The van der Waals surface area contributed by atoms with E-state index in [4.69, 9.17) is 0 Å². The van der Waals surface area contributed by atoms with Crippen molar-refractivity contribution in [3.05, 3.63) is 29.6 Å². The topological polar surface area (TPSA) is 41.1 Å². The van der Waals surface area contributed by atoms with Crippen LogP contribution in [0.5, 0.6) is 0 Å². The molecule has 0 unspecified atom stereocenters. The lowest BCUT2D eigenvalue weighted by molar-refractivity contribution is -0.120. The molecule has 1 atom stereocenters. The van der Waals surface area contributed by atoms with Gasteiger partial charge in [-0.05, 0) is 19.4 Å². The molecule has 1 amide bonds. The van der Waals surface area contributed by atoms with E-state index in [-0.39, 0.29) is 17.5 Å². The molecule has 0 saturated carbocycles. The highest BCUT2D eigenvalue weighted by molar-refractivity contribution is 5.92. The number of benzene rings is 1. The normalized spacial score (nSPS) is 19.6. The molecular formula is C12H13F3N2O. The molecule has 1 fully saturated rings. The lowest BCUT2D eigenvalue weighted by Gasteiger charge is -2.21. The van der Waals surface area contributed by atoms with Crippen molar-refractivity contribution in [2.75, 3.05) is 18.4 Å². The second-order valence-corrected chi connectivity index (χ2v) is 4.29. The molecule has 98 valence electrons. The van der Waals surface area contributed by atoms with Crippen LogP contribution in [0.3, 0.4) is 0 Å². The highest BCUT2D eigenvalue weighted by Crippen LogP contribution is 2.19. The van der Waals surface area contributed by atoms with Gasteiger partial charge in [0.15, 0.2) is 17.5 Å². The van der Waals surface area contributed by atoms with Crippen molar-refractivity contribution in [3.8, 4) is 0 Å². The van der Waals surface area contributed by atoms with Gasteiger partial charge in [-0.2, -0.15) is 0 Å². The number of hydrogen-bond acceptors (Lipinski definition) is 2. The molecule has 1 aromatic rings. The molecular weight excluding hydrogens is 245 g/mol. The minimum Gasteiger partial charge on any atom is -0.326 e. The fourth-order valence-electron chi connectivity index (χ4n) is 1.95. The van der Waals surface area contributed by atoms with Gasteiger partial charge >= 0.3 is 0 Å². The highest BCUT2D eigenvalue weighted by Gasteiger charge is 2.21. The summed E-state index contributed by atoms with van der Waals surface area (Å²) < 4.78 is 38.6. The SMILES string of the molecule is O=C(Nc1cc(F)c(F)c(F)c1)[C@@H]1CCCNC1. The fourth-order valence-corrected chi connectivity index (χ4v) is 1.95. The lowest BCUT2D eigenvalue weighted by Crippen LogP contribution is -2.37. The van der Waals surface area contributed by atoms with Crippen LogP contribution in [0.4, 0.5) is 18.9 Å². The van der Waals surface area contributed by atoms with E-state index in [2.05, 4.69) is 10.6 Å². The van der Waals surface area contributed by atoms with Crippen LogP contribution in [-0.4, -0.2) is 19.0 Å². The van der Waals surface area contributed by atoms with Crippen molar-refractivity contribution in [2.24, 2.45) is 5.92 Å². The molecule has 1 aromatic carbocycles. The Morgan fingerprint density at radius 3 is 2.50 bits per heavy atom.